The largest absolute Gasteiger partial charge is 0.494 e. The van der Waals surface area contributed by atoms with Gasteiger partial charge in [0, 0.05) is 32.7 Å². The molecule has 1 aliphatic rings. The van der Waals surface area contributed by atoms with Gasteiger partial charge in [-0.25, -0.2) is 0 Å². The first kappa shape index (κ1) is 17.7. The standard InChI is InChI=1S/C15H19N3O6/c1-23-6-5-17-9-10(7-14(17)19)15(20)16-12-4-3-11(18(21)22)8-13(12)24-2/h3-4,8,10H,5-7,9H2,1-2H3,(H,16,20). The topological polar surface area (TPSA) is 111 Å². The van der Waals surface area contributed by atoms with Crippen molar-refractivity contribution in [1.82, 2.24) is 4.90 Å². The Labute approximate surface area is 138 Å². The Morgan fingerprint density at radius 1 is 1.46 bits per heavy atom. The van der Waals surface area contributed by atoms with E-state index < -0.39 is 10.8 Å². The van der Waals surface area contributed by atoms with Crippen molar-refractivity contribution in [2.45, 2.75) is 6.42 Å². The molecule has 9 nitrogen and oxygen atoms in total. The minimum absolute atomic E-state index is 0.0946. The number of hydrogen-bond donors (Lipinski definition) is 1. The monoisotopic (exact) mass is 337 g/mol. The van der Waals surface area contributed by atoms with Gasteiger partial charge in [-0.2, -0.15) is 0 Å². The first-order valence-corrected chi connectivity index (χ1v) is 7.36. The quantitative estimate of drug-likeness (QED) is 0.588. The van der Waals surface area contributed by atoms with Crippen LogP contribution in [0, 0.1) is 16.0 Å². The van der Waals surface area contributed by atoms with Crippen molar-refractivity contribution in [2.24, 2.45) is 5.92 Å². The van der Waals surface area contributed by atoms with E-state index in [0.717, 1.165) is 0 Å². The van der Waals surface area contributed by atoms with Crippen molar-refractivity contribution in [3.8, 4) is 5.75 Å². The summed E-state index contributed by atoms with van der Waals surface area (Å²) in [5.41, 5.74) is 0.197. The van der Waals surface area contributed by atoms with Crippen LogP contribution >= 0.6 is 0 Å². The second-order valence-corrected chi connectivity index (χ2v) is 5.36. The number of benzene rings is 1. The molecule has 1 aromatic carbocycles. The molecule has 1 atom stereocenters. The maximum Gasteiger partial charge on any atom is 0.273 e. The van der Waals surface area contributed by atoms with Gasteiger partial charge in [0.25, 0.3) is 5.69 Å². The average Bonchev–Trinajstić information content (AvgIpc) is 2.94. The van der Waals surface area contributed by atoms with Gasteiger partial charge < -0.3 is 19.7 Å². The predicted octanol–water partition coefficient (Wildman–Crippen LogP) is 1.04. The molecule has 1 heterocycles. The molecule has 1 fully saturated rings. The zero-order valence-corrected chi connectivity index (χ0v) is 13.5. The highest BCUT2D eigenvalue weighted by atomic mass is 16.6. The lowest BCUT2D eigenvalue weighted by Crippen LogP contribution is -2.30. The van der Waals surface area contributed by atoms with Crippen LogP contribution < -0.4 is 10.1 Å². The number of likely N-dealkylation sites (tertiary alicyclic amines) is 1. The summed E-state index contributed by atoms with van der Waals surface area (Å²) < 4.78 is 10.0. The zero-order valence-electron chi connectivity index (χ0n) is 13.5. The molecule has 0 aliphatic carbocycles. The van der Waals surface area contributed by atoms with Crippen molar-refractivity contribution in [3.05, 3.63) is 28.3 Å². The molecule has 2 amide bonds. The van der Waals surface area contributed by atoms with Crippen LogP contribution in [0.2, 0.25) is 0 Å². The Morgan fingerprint density at radius 3 is 2.83 bits per heavy atom. The summed E-state index contributed by atoms with van der Waals surface area (Å²) in [6, 6.07) is 3.93. The van der Waals surface area contributed by atoms with Crippen LogP contribution in [-0.4, -0.2) is 55.6 Å². The van der Waals surface area contributed by atoms with Crippen LogP contribution in [0.25, 0.3) is 0 Å². The second-order valence-electron chi connectivity index (χ2n) is 5.36. The highest BCUT2D eigenvalue weighted by Crippen LogP contribution is 2.30. The van der Waals surface area contributed by atoms with Crippen LogP contribution in [0.4, 0.5) is 11.4 Å². The number of carbonyl (C=O) groups excluding carboxylic acids is 2. The molecule has 1 aromatic rings. The number of nitrogens with zero attached hydrogens (tertiary/aromatic N) is 2. The Hall–Kier alpha value is -2.68. The van der Waals surface area contributed by atoms with E-state index in [2.05, 4.69) is 5.32 Å². The molecule has 0 bridgehead atoms. The fourth-order valence-corrected chi connectivity index (χ4v) is 2.50. The second kappa shape index (κ2) is 7.73. The number of methoxy groups -OCH3 is 2. The van der Waals surface area contributed by atoms with Crippen molar-refractivity contribution in [1.29, 1.82) is 0 Å². The first-order valence-electron chi connectivity index (χ1n) is 7.36. The summed E-state index contributed by atoms with van der Waals surface area (Å²) in [4.78, 5) is 36.1. The number of hydrogen-bond acceptors (Lipinski definition) is 6. The van der Waals surface area contributed by atoms with Gasteiger partial charge >= 0.3 is 0 Å². The third-order valence-electron chi connectivity index (χ3n) is 3.80. The summed E-state index contributed by atoms with van der Waals surface area (Å²) in [5, 5.41) is 13.4. The van der Waals surface area contributed by atoms with Gasteiger partial charge in [-0.1, -0.05) is 0 Å². The maximum absolute atomic E-state index is 12.4. The number of nitro benzene ring substituents is 1. The van der Waals surface area contributed by atoms with Crippen LogP contribution in [0.15, 0.2) is 18.2 Å². The van der Waals surface area contributed by atoms with Gasteiger partial charge in [-0.15, -0.1) is 0 Å². The molecule has 1 unspecified atom stereocenters. The van der Waals surface area contributed by atoms with Gasteiger partial charge in [0.15, 0.2) is 0 Å². The number of nitrogens with one attached hydrogen (secondary N) is 1. The number of rotatable bonds is 7. The van der Waals surface area contributed by atoms with Crippen LogP contribution in [0.1, 0.15) is 6.42 Å². The highest BCUT2D eigenvalue weighted by Gasteiger charge is 2.34. The fraction of sp³-hybridized carbons (Fsp3) is 0.467. The normalized spacial score (nSPS) is 17.0. The lowest BCUT2D eigenvalue weighted by molar-refractivity contribution is -0.384. The molecular formula is C15H19N3O6. The molecule has 1 N–H and O–H groups in total. The third kappa shape index (κ3) is 3.99. The number of carbonyl (C=O) groups is 2. The van der Waals surface area contributed by atoms with E-state index in [-0.39, 0.29) is 29.7 Å². The van der Waals surface area contributed by atoms with Gasteiger partial charge in [-0.05, 0) is 6.07 Å². The number of ether oxygens (including phenoxy) is 2. The highest BCUT2D eigenvalue weighted by molar-refractivity contribution is 5.98. The van der Waals surface area contributed by atoms with Crippen molar-refractivity contribution < 1.29 is 24.0 Å². The molecule has 1 saturated heterocycles. The number of nitro groups is 1. The van der Waals surface area contributed by atoms with Crippen LogP contribution in [0.5, 0.6) is 5.75 Å². The molecule has 24 heavy (non-hydrogen) atoms. The van der Waals surface area contributed by atoms with Crippen LogP contribution in [-0.2, 0) is 14.3 Å². The third-order valence-corrected chi connectivity index (χ3v) is 3.80. The van der Waals surface area contributed by atoms with Crippen molar-refractivity contribution >= 4 is 23.2 Å². The molecule has 2 rings (SSSR count). The lowest BCUT2D eigenvalue weighted by Gasteiger charge is -2.16. The Kier molecular flexibility index (Phi) is 5.69. The first-order chi connectivity index (χ1) is 11.5. The number of non-ortho nitro benzene ring substituents is 1. The van der Waals surface area contributed by atoms with E-state index >= 15 is 0 Å². The van der Waals surface area contributed by atoms with E-state index in [4.69, 9.17) is 9.47 Å². The zero-order chi connectivity index (χ0) is 17.7. The van der Waals surface area contributed by atoms with E-state index in [1.165, 1.54) is 25.3 Å². The average molecular weight is 337 g/mol. The molecule has 0 radical (unpaired) electrons. The minimum atomic E-state index is -0.544. The summed E-state index contributed by atoms with van der Waals surface area (Å²) >= 11 is 0. The molecule has 0 saturated carbocycles. The molecule has 1 aliphatic heterocycles. The predicted molar refractivity (Wildman–Crippen MR) is 84.8 cm³/mol. The van der Waals surface area contributed by atoms with E-state index in [9.17, 15) is 19.7 Å². The smallest absolute Gasteiger partial charge is 0.273 e. The minimum Gasteiger partial charge on any atom is -0.494 e. The Balaban J connectivity index is 2.05. The summed E-state index contributed by atoms with van der Waals surface area (Å²) in [5.74, 6) is -0.703. The summed E-state index contributed by atoms with van der Waals surface area (Å²) in [7, 11) is 2.91. The van der Waals surface area contributed by atoms with Crippen LogP contribution in [0.3, 0.4) is 0 Å². The SMILES string of the molecule is COCCN1CC(C(=O)Nc2ccc([N+](=O)[O-])cc2OC)CC1=O. The summed E-state index contributed by atoms with van der Waals surface area (Å²) in [6.07, 6.45) is 0.130. The van der Waals surface area contributed by atoms with Gasteiger partial charge in [0.1, 0.15) is 5.75 Å². The molecule has 0 spiro atoms. The summed E-state index contributed by atoms with van der Waals surface area (Å²) in [6.45, 7) is 1.18. The fourth-order valence-electron chi connectivity index (χ4n) is 2.50. The van der Waals surface area contributed by atoms with Gasteiger partial charge in [0.05, 0.1) is 36.3 Å². The molecule has 9 heteroatoms. The lowest BCUT2D eigenvalue weighted by atomic mass is 10.1. The van der Waals surface area contributed by atoms with E-state index in [1.54, 1.807) is 12.0 Å². The van der Waals surface area contributed by atoms with Crippen molar-refractivity contribution in [2.75, 3.05) is 39.2 Å². The number of amides is 2. The Bertz CT molecular complexity index is 648. The van der Waals surface area contributed by atoms with Gasteiger partial charge in [-0.3, -0.25) is 19.7 Å². The number of anilines is 1. The maximum atomic E-state index is 12.4. The molecular weight excluding hydrogens is 318 g/mol. The van der Waals surface area contributed by atoms with Crippen molar-refractivity contribution in [3.63, 3.8) is 0 Å². The molecule has 130 valence electrons. The van der Waals surface area contributed by atoms with Gasteiger partial charge in [0.2, 0.25) is 11.8 Å². The van der Waals surface area contributed by atoms with E-state index in [1.807, 2.05) is 0 Å². The van der Waals surface area contributed by atoms with E-state index in [0.29, 0.717) is 25.4 Å². The molecule has 0 aromatic heterocycles. The Morgan fingerprint density at radius 2 is 2.21 bits per heavy atom.